The maximum Gasteiger partial charge on any atom is 0.330 e. The number of aryl methyl sites for hydroxylation is 1. The van der Waals surface area contributed by atoms with E-state index < -0.39 is 23.4 Å². The maximum atomic E-state index is 14.4. The molecule has 2 aromatic carbocycles. The van der Waals surface area contributed by atoms with Crippen molar-refractivity contribution in [2.45, 2.75) is 12.5 Å². The highest BCUT2D eigenvalue weighted by Crippen LogP contribution is 2.37. The third kappa shape index (κ3) is 2.82. The Balaban J connectivity index is 1.59. The van der Waals surface area contributed by atoms with E-state index in [-0.39, 0.29) is 23.9 Å². The number of nitrogens with zero attached hydrogens (tertiary/aromatic N) is 7. The summed E-state index contributed by atoms with van der Waals surface area (Å²) in [6, 6.07) is 8.42. The Morgan fingerprint density at radius 2 is 2.03 bits per heavy atom. The smallest absolute Gasteiger partial charge is 0.330 e. The van der Waals surface area contributed by atoms with Crippen LogP contribution in [0.2, 0.25) is 0 Å². The van der Waals surface area contributed by atoms with Crippen LogP contribution in [-0.2, 0) is 7.05 Å². The molecule has 5 aromatic rings. The summed E-state index contributed by atoms with van der Waals surface area (Å²) < 4.78 is 38.3. The SMILES string of the molecule is Cn1c(=O)n(C2CCOc3c(F)cc(F)cc32)c2nc(-n3cnc4ccc(C#N)cc43)ncc21. The Kier molecular flexibility index (Phi) is 4.25. The van der Waals surface area contributed by atoms with Gasteiger partial charge in [-0.25, -0.2) is 23.5 Å². The molecular weight excluding hydrogens is 444 g/mol. The van der Waals surface area contributed by atoms with Gasteiger partial charge >= 0.3 is 5.69 Å². The number of nitriles is 1. The van der Waals surface area contributed by atoms with Crippen LogP contribution in [0.3, 0.4) is 0 Å². The number of imidazole rings is 2. The number of aromatic nitrogens is 6. The van der Waals surface area contributed by atoms with Gasteiger partial charge in [0.25, 0.3) is 0 Å². The van der Waals surface area contributed by atoms with Crippen molar-refractivity contribution in [3.05, 3.63) is 76.1 Å². The van der Waals surface area contributed by atoms with Gasteiger partial charge in [-0.3, -0.25) is 13.7 Å². The molecule has 1 atom stereocenters. The molecule has 0 spiro atoms. The number of fused-ring (bicyclic) bond motifs is 3. The molecule has 1 aliphatic rings. The summed E-state index contributed by atoms with van der Waals surface area (Å²) in [6.45, 7) is 0.157. The summed E-state index contributed by atoms with van der Waals surface area (Å²) in [6.07, 6.45) is 3.38. The number of hydrogen-bond acceptors (Lipinski definition) is 6. The quantitative estimate of drug-likeness (QED) is 0.402. The number of benzene rings is 2. The van der Waals surface area contributed by atoms with E-state index in [1.54, 1.807) is 29.8 Å². The van der Waals surface area contributed by atoms with E-state index in [0.717, 1.165) is 6.07 Å². The summed E-state index contributed by atoms with van der Waals surface area (Å²) in [5, 5.41) is 9.26. The first kappa shape index (κ1) is 20.0. The first-order chi connectivity index (χ1) is 16.5. The normalized spacial score (nSPS) is 15.3. The topological polar surface area (TPSA) is 104 Å². The van der Waals surface area contributed by atoms with Crippen molar-refractivity contribution in [2.24, 2.45) is 7.05 Å². The third-order valence-corrected chi connectivity index (χ3v) is 6.06. The second-order valence-electron chi connectivity index (χ2n) is 7.98. The van der Waals surface area contributed by atoms with Crippen LogP contribution in [-0.4, -0.2) is 35.3 Å². The second-order valence-corrected chi connectivity index (χ2v) is 7.98. The minimum atomic E-state index is -0.818. The van der Waals surface area contributed by atoms with Gasteiger partial charge in [-0.15, -0.1) is 0 Å². The summed E-state index contributed by atoms with van der Waals surface area (Å²) in [4.78, 5) is 26.6. The molecule has 6 rings (SSSR count). The average Bonchev–Trinajstić information content (AvgIpc) is 3.37. The van der Waals surface area contributed by atoms with E-state index in [2.05, 4.69) is 21.0 Å². The van der Waals surface area contributed by atoms with Crippen LogP contribution in [0.15, 0.2) is 47.7 Å². The number of hydrogen-bond donors (Lipinski definition) is 0. The van der Waals surface area contributed by atoms with Gasteiger partial charge in [0.2, 0.25) is 5.95 Å². The van der Waals surface area contributed by atoms with E-state index in [1.165, 1.54) is 27.7 Å². The van der Waals surface area contributed by atoms with Crippen LogP contribution in [0, 0.1) is 23.0 Å². The molecule has 0 saturated heterocycles. The summed E-state index contributed by atoms with van der Waals surface area (Å²) >= 11 is 0. The lowest BCUT2D eigenvalue weighted by Gasteiger charge is -2.27. The van der Waals surface area contributed by atoms with Crippen molar-refractivity contribution in [1.29, 1.82) is 5.26 Å². The van der Waals surface area contributed by atoms with Gasteiger partial charge in [-0.2, -0.15) is 10.2 Å². The van der Waals surface area contributed by atoms with Crippen molar-refractivity contribution >= 4 is 22.2 Å². The van der Waals surface area contributed by atoms with Gasteiger partial charge in [0.1, 0.15) is 17.7 Å². The maximum absolute atomic E-state index is 14.4. The molecule has 168 valence electrons. The molecule has 0 radical (unpaired) electrons. The van der Waals surface area contributed by atoms with Gasteiger partial charge in [0.05, 0.1) is 41.5 Å². The molecule has 0 saturated carbocycles. The Bertz CT molecular complexity index is 1730. The van der Waals surface area contributed by atoms with E-state index in [1.807, 2.05) is 0 Å². The highest BCUT2D eigenvalue weighted by Gasteiger charge is 2.30. The lowest BCUT2D eigenvalue weighted by Crippen LogP contribution is -2.30. The molecule has 0 N–H and O–H groups in total. The average molecular weight is 459 g/mol. The fraction of sp³-hybridized carbons (Fsp3) is 0.174. The molecule has 0 fully saturated rings. The van der Waals surface area contributed by atoms with Gasteiger partial charge in [-0.1, -0.05) is 0 Å². The predicted octanol–water partition coefficient (Wildman–Crippen LogP) is 2.99. The van der Waals surface area contributed by atoms with Gasteiger partial charge in [-0.05, 0) is 24.3 Å². The largest absolute Gasteiger partial charge is 0.490 e. The minimum Gasteiger partial charge on any atom is -0.490 e. The van der Waals surface area contributed by atoms with Crippen molar-refractivity contribution in [1.82, 2.24) is 28.7 Å². The van der Waals surface area contributed by atoms with Crippen molar-refractivity contribution in [2.75, 3.05) is 6.61 Å². The standard InChI is InChI=1S/C23H15F2N7O2/c1-30-19-10-27-22(31-11-28-16-3-2-12(9-26)6-18(16)31)29-21(19)32(23(30)33)17-4-5-34-20-14(17)7-13(24)8-15(20)25/h2-3,6-8,10-11,17H,4-5H2,1H3. The van der Waals surface area contributed by atoms with E-state index in [9.17, 15) is 18.8 Å². The molecule has 9 nitrogen and oxygen atoms in total. The van der Waals surface area contributed by atoms with Crippen LogP contribution >= 0.6 is 0 Å². The Morgan fingerprint density at radius 3 is 2.85 bits per heavy atom. The lowest BCUT2D eigenvalue weighted by atomic mass is 10.00. The fourth-order valence-electron chi connectivity index (χ4n) is 4.44. The van der Waals surface area contributed by atoms with Crippen LogP contribution in [0.1, 0.15) is 23.6 Å². The first-order valence-corrected chi connectivity index (χ1v) is 10.4. The Morgan fingerprint density at radius 1 is 1.18 bits per heavy atom. The zero-order valence-corrected chi connectivity index (χ0v) is 17.7. The van der Waals surface area contributed by atoms with Crippen molar-refractivity contribution < 1.29 is 13.5 Å². The molecule has 4 heterocycles. The van der Waals surface area contributed by atoms with E-state index in [0.29, 0.717) is 34.2 Å². The molecule has 3 aromatic heterocycles. The lowest BCUT2D eigenvalue weighted by molar-refractivity contribution is 0.242. The Hall–Kier alpha value is -4.59. The van der Waals surface area contributed by atoms with E-state index >= 15 is 0 Å². The zero-order chi connectivity index (χ0) is 23.6. The first-order valence-electron chi connectivity index (χ1n) is 10.4. The zero-order valence-electron chi connectivity index (χ0n) is 17.7. The van der Waals surface area contributed by atoms with E-state index in [4.69, 9.17) is 4.74 Å². The van der Waals surface area contributed by atoms with Crippen LogP contribution in [0.5, 0.6) is 5.75 Å². The molecule has 0 bridgehead atoms. The number of rotatable bonds is 2. The predicted molar refractivity (Wildman–Crippen MR) is 117 cm³/mol. The molecule has 1 unspecified atom stereocenters. The third-order valence-electron chi connectivity index (χ3n) is 6.06. The minimum absolute atomic E-state index is 0.0690. The monoisotopic (exact) mass is 459 g/mol. The molecule has 11 heteroatoms. The highest BCUT2D eigenvalue weighted by molar-refractivity contribution is 5.79. The van der Waals surface area contributed by atoms with Crippen molar-refractivity contribution in [3.63, 3.8) is 0 Å². The summed E-state index contributed by atoms with van der Waals surface area (Å²) in [5.74, 6) is -1.40. The Labute approximate surface area is 190 Å². The summed E-state index contributed by atoms with van der Waals surface area (Å²) in [7, 11) is 1.59. The summed E-state index contributed by atoms with van der Waals surface area (Å²) in [5.41, 5.74) is 2.34. The van der Waals surface area contributed by atoms with Crippen LogP contribution < -0.4 is 10.4 Å². The van der Waals surface area contributed by atoms with Crippen LogP contribution in [0.4, 0.5) is 8.78 Å². The second kappa shape index (κ2) is 7.21. The van der Waals surface area contributed by atoms with Gasteiger partial charge in [0.15, 0.2) is 17.2 Å². The van der Waals surface area contributed by atoms with Crippen LogP contribution in [0.25, 0.3) is 28.1 Å². The molecule has 0 aliphatic carbocycles. The molecular formula is C23H15F2N7O2. The van der Waals surface area contributed by atoms with Crippen molar-refractivity contribution in [3.8, 4) is 17.8 Å². The molecule has 1 aliphatic heterocycles. The number of ether oxygens (including phenoxy) is 1. The van der Waals surface area contributed by atoms with Gasteiger partial charge in [0, 0.05) is 25.1 Å². The van der Waals surface area contributed by atoms with Gasteiger partial charge < -0.3 is 4.74 Å². The molecule has 0 amide bonds. The molecule has 34 heavy (non-hydrogen) atoms. The number of halogens is 2. The highest BCUT2D eigenvalue weighted by atomic mass is 19.1. The fourth-order valence-corrected chi connectivity index (χ4v) is 4.44.